The number of hydrogen-bond acceptors (Lipinski definition) is 5. The zero-order valence-corrected chi connectivity index (χ0v) is 21.2. The van der Waals surface area contributed by atoms with E-state index >= 15 is 0 Å². The largest absolute Gasteiger partial charge is 0.484 e. The van der Waals surface area contributed by atoms with E-state index < -0.39 is 0 Å². The van der Waals surface area contributed by atoms with Crippen LogP contribution in [0.3, 0.4) is 0 Å². The first kappa shape index (κ1) is 25.7. The maximum absolute atomic E-state index is 13.0. The number of aromatic amines is 1. The zero-order valence-electron chi connectivity index (χ0n) is 21.2. The normalized spacial score (nSPS) is 11.0. The smallest absolute Gasteiger partial charge is 0.331 e. The number of H-pyrrole nitrogens is 1. The second-order valence-electron chi connectivity index (χ2n) is 8.83. The van der Waals surface area contributed by atoms with E-state index in [0.29, 0.717) is 53.2 Å². The lowest BCUT2D eigenvalue weighted by atomic mass is 10.1. The molecule has 37 heavy (non-hydrogen) atoms. The minimum absolute atomic E-state index is 0.0407. The van der Waals surface area contributed by atoms with E-state index in [9.17, 15) is 19.2 Å². The third-order valence-corrected chi connectivity index (χ3v) is 6.01. The summed E-state index contributed by atoms with van der Waals surface area (Å²) in [6.07, 6.45) is 1.45. The lowest BCUT2D eigenvalue weighted by Crippen LogP contribution is -2.39. The fraction of sp³-hybridized carbons (Fsp3) is 0.286. The molecular formula is C28H30N4O5. The molecule has 0 atom stereocenters. The average Bonchev–Trinajstić information content (AvgIpc) is 3.34. The van der Waals surface area contributed by atoms with Gasteiger partial charge in [0, 0.05) is 30.0 Å². The highest BCUT2D eigenvalue weighted by atomic mass is 16.5. The molecule has 4 rings (SSSR count). The van der Waals surface area contributed by atoms with Crippen molar-refractivity contribution in [1.82, 2.24) is 14.1 Å². The molecule has 9 nitrogen and oxygen atoms in total. The Morgan fingerprint density at radius 3 is 2.19 bits per heavy atom. The van der Waals surface area contributed by atoms with Crippen molar-refractivity contribution in [2.24, 2.45) is 0 Å². The standard InChI is InChI=1S/C28H30N4O5/c1-4-14-31-24-16-23(30-26(24)27(35)32(15-5-2)28(31)36)20-8-12-22(13-9-20)37-17-25(34)29-21-10-6-19(7-11-21)18(3)33/h6-13,16,30H,4-5,14-15,17H2,1-3H3,(H,29,34). The van der Waals surface area contributed by atoms with E-state index in [-0.39, 0.29) is 29.5 Å². The molecule has 0 bridgehead atoms. The molecule has 192 valence electrons. The summed E-state index contributed by atoms with van der Waals surface area (Å²) in [6.45, 7) is 6.12. The number of carbonyl (C=O) groups excluding carboxylic acids is 2. The first-order chi connectivity index (χ1) is 17.8. The zero-order chi connectivity index (χ0) is 26.5. The molecule has 0 aliphatic rings. The molecule has 2 aromatic carbocycles. The SMILES string of the molecule is CCCn1c(=O)c2[nH]c(-c3ccc(OCC(=O)Nc4ccc(C(C)=O)cc4)cc3)cc2n(CCC)c1=O. The van der Waals surface area contributed by atoms with Crippen molar-refractivity contribution in [1.29, 1.82) is 0 Å². The Bertz CT molecular complexity index is 1540. The Morgan fingerprint density at radius 2 is 1.57 bits per heavy atom. The van der Waals surface area contributed by atoms with Crippen LogP contribution in [0.2, 0.25) is 0 Å². The average molecular weight is 503 g/mol. The molecule has 0 radical (unpaired) electrons. The first-order valence-corrected chi connectivity index (χ1v) is 12.3. The van der Waals surface area contributed by atoms with E-state index in [1.165, 1.54) is 11.5 Å². The van der Waals surface area contributed by atoms with Crippen LogP contribution >= 0.6 is 0 Å². The fourth-order valence-electron chi connectivity index (χ4n) is 4.17. The molecule has 0 saturated carbocycles. The molecule has 0 saturated heterocycles. The van der Waals surface area contributed by atoms with Crippen LogP contribution in [0.25, 0.3) is 22.3 Å². The number of benzene rings is 2. The quantitative estimate of drug-likeness (QED) is 0.316. The number of aryl methyl sites for hydroxylation is 1. The van der Waals surface area contributed by atoms with Crippen LogP contribution in [-0.2, 0) is 17.9 Å². The van der Waals surface area contributed by atoms with Crippen molar-refractivity contribution in [3.05, 3.63) is 81.0 Å². The van der Waals surface area contributed by atoms with E-state index in [4.69, 9.17) is 4.74 Å². The number of fused-ring (bicyclic) bond motifs is 1. The summed E-state index contributed by atoms with van der Waals surface area (Å²) in [5, 5.41) is 2.73. The van der Waals surface area contributed by atoms with Gasteiger partial charge in [0.05, 0.1) is 5.52 Å². The molecule has 2 heterocycles. The Hall–Kier alpha value is -4.40. The van der Waals surface area contributed by atoms with E-state index in [2.05, 4.69) is 10.3 Å². The molecule has 0 fully saturated rings. The maximum Gasteiger partial charge on any atom is 0.331 e. The predicted molar refractivity (Wildman–Crippen MR) is 143 cm³/mol. The van der Waals surface area contributed by atoms with Gasteiger partial charge in [0.2, 0.25) is 0 Å². The molecule has 2 aromatic heterocycles. The van der Waals surface area contributed by atoms with Crippen LogP contribution in [-0.4, -0.2) is 32.4 Å². The predicted octanol–water partition coefficient (Wildman–Crippen LogP) is 4.20. The molecular weight excluding hydrogens is 472 g/mol. The number of Topliss-reactive ketones (excluding diaryl/α,β-unsaturated/α-hetero) is 1. The number of aromatic nitrogens is 3. The fourth-order valence-corrected chi connectivity index (χ4v) is 4.17. The van der Waals surface area contributed by atoms with Crippen molar-refractivity contribution in [3.63, 3.8) is 0 Å². The van der Waals surface area contributed by atoms with Crippen LogP contribution in [0.4, 0.5) is 5.69 Å². The number of carbonyl (C=O) groups is 2. The number of ketones is 1. The number of anilines is 1. The summed E-state index contributed by atoms with van der Waals surface area (Å²) in [7, 11) is 0. The van der Waals surface area contributed by atoms with Crippen LogP contribution in [0.1, 0.15) is 44.0 Å². The third-order valence-electron chi connectivity index (χ3n) is 6.01. The molecule has 0 aliphatic heterocycles. The number of nitrogens with zero attached hydrogens (tertiary/aromatic N) is 2. The topological polar surface area (TPSA) is 115 Å². The molecule has 0 aliphatic carbocycles. The van der Waals surface area contributed by atoms with Gasteiger partial charge >= 0.3 is 5.69 Å². The second-order valence-corrected chi connectivity index (χ2v) is 8.83. The van der Waals surface area contributed by atoms with Crippen LogP contribution in [0, 0.1) is 0 Å². The molecule has 1 amide bonds. The summed E-state index contributed by atoms with van der Waals surface area (Å²) < 4.78 is 8.54. The minimum atomic E-state index is -0.326. The molecule has 0 unspecified atom stereocenters. The van der Waals surface area contributed by atoms with Crippen molar-refractivity contribution >= 4 is 28.4 Å². The van der Waals surface area contributed by atoms with E-state index in [1.807, 2.05) is 32.0 Å². The van der Waals surface area contributed by atoms with E-state index in [0.717, 1.165) is 12.0 Å². The number of hydrogen-bond donors (Lipinski definition) is 2. The molecule has 4 aromatic rings. The first-order valence-electron chi connectivity index (χ1n) is 12.3. The molecule has 0 spiro atoms. The van der Waals surface area contributed by atoms with Gasteiger partial charge in [-0.15, -0.1) is 0 Å². The Labute approximate surface area is 213 Å². The minimum Gasteiger partial charge on any atom is -0.484 e. The van der Waals surface area contributed by atoms with Gasteiger partial charge in [-0.2, -0.15) is 0 Å². The summed E-state index contributed by atoms with van der Waals surface area (Å²) in [5.74, 6) is 0.142. The number of ether oxygens (including phenoxy) is 1. The van der Waals surface area contributed by atoms with Gasteiger partial charge in [0.1, 0.15) is 11.3 Å². The summed E-state index contributed by atoms with van der Waals surface area (Å²) in [6, 6.07) is 15.6. The third kappa shape index (κ3) is 5.55. The van der Waals surface area contributed by atoms with Crippen molar-refractivity contribution in [3.8, 4) is 17.0 Å². The molecule has 2 N–H and O–H groups in total. The Kier molecular flexibility index (Phi) is 7.71. The van der Waals surface area contributed by atoms with Crippen molar-refractivity contribution < 1.29 is 14.3 Å². The molecule has 9 heteroatoms. The number of amides is 1. The summed E-state index contributed by atoms with van der Waals surface area (Å²) in [5.41, 5.74) is 3.07. The highest BCUT2D eigenvalue weighted by Gasteiger charge is 2.16. The van der Waals surface area contributed by atoms with Gasteiger partial charge in [-0.1, -0.05) is 13.8 Å². The van der Waals surface area contributed by atoms with Gasteiger partial charge in [0.25, 0.3) is 11.5 Å². The lowest BCUT2D eigenvalue weighted by molar-refractivity contribution is -0.118. The maximum atomic E-state index is 13.0. The van der Waals surface area contributed by atoms with Gasteiger partial charge in [-0.25, -0.2) is 4.79 Å². The monoisotopic (exact) mass is 502 g/mol. The van der Waals surface area contributed by atoms with Crippen LogP contribution in [0.15, 0.2) is 64.2 Å². The Balaban J connectivity index is 1.48. The summed E-state index contributed by atoms with van der Waals surface area (Å²) >= 11 is 0. The van der Waals surface area contributed by atoms with Crippen molar-refractivity contribution in [2.75, 3.05) is 11.9 Å². The number of nitrogens with one attached hydrogen (secondary N) is 2. The highest BCUT2D eigenvalue weighted by molar-refractivity contribution is 5.96. The van der Waals surface area contributed by atoms with Gasteiger partial charge in [-0.05, 0) is 79.9 Å². The lowest BCUT2D eigenvalue weighted by Gasteiger charge is -2.10. The number of rotatable bonds is 10. The Morgan fingerprint density at radius 1 is 0.919 bits per heavy atom. The van der Waals surface area contributed by atoms with E-state index in [1.54, 1.807) is 41.0 Å². The second kappa shape index (κ2) is 11.1. The van der Waals surface area contributed by atoms with Crippen molar-refractivity contribution in [2.45, 2.75) is 46.7 Å². The van der Waals surface area contributed by atoms with Gasteiger partial charge in [0.15, 0.2) is 12.4 Å². The van der Waals surface area contributed by atoms with Gasteiger partial charge in [-0.3, -0.25) is 23.5 Å². The highest BCUT2D eigenvalue weighted by Crippen LogP contribution is 2.24. The van der Waals surface area contributed by atoms with Crippen LogP contribution in [0.5, 0.6) is 5.75 Å². The van der Waals surface area contributed by atoms with Crippen LogP contribution < -0.4 is 21.3 Å². The summed E-state index contributed by atoms with van der Waals surface area (Å²) in [4.78, 5) is 52.7. The van der Waals surface area contributed by atoms with Gasteiger partial charge < -0.3 is 15.0 Å².